The van der Waals surface area contributed by atoms with Crippen LogP contribution in [0.2, 0.25) is 0 Å². The summed E-state index contributed by atoms with van der Waals surface area (Å²) in [6, 6.07) is 9.46. The first-order chi connectivity index (χ1) is 13.5. The molecule has 1 fully saturated rings. The number of carbonyl (C=O) groups excluding carboxylic acids is 2. The summed E-state index contributed by atoms with van der Waals surface area (Å²) in [6.45, 7) is 5.30. The Balaban J connectivity index is 1.99. The zero-order valence-electron chi connectivity index (χ0n) is 16.9. The molecule has 1 aromatic carbocycles. The van der Waals surface area contributed by atoms with Gasteiger partial charge in [-0.25, -0.2) is 8.42 Å². The van der Waals surface area contributed by atoms with Crippen LogP contribution >= 0.6 is 11.3 Å². The Kier molecular flexibility index (Phi) is 5.84. The molecular weight excluding hydrogens is 410 g/mol. The van der Waals surface area contributed by atoms with Crippen LogP contribution in [-0.4, -0.2) is 54.3 Å². The fourth-order valence-corrected chi connectivity index (χ4v) is 5.03. The maximum atomic E-state index is 13.4. The minimum Gasteiger partial charge on any atom is -0.324 e. The van der Waals surface area contributed by atoms with Crippen molar-refractivity contribution in [1.82, 2.24) is 9.21 Å². The van der Waals surface area contributed by atoms with Gasteiger partial charge in [0.05, 0.1) is 19.3 Å². The third-order valence-corrected chi connectivity index (χ3v) is 7.32. The molecule has 0 bridgehead atoms. The third-order valence-electron chi connectivity index (χ3n) is 5.26. The minimum atomic E-state index is -3.63. The van der Waals surface area contributed by atoms with Gasteiger partial charge in [-0.1, -0.05) is 24.3 Å². The monoisotopic (exact) mass is 435 g/mol. The van der Waals surface area contributed by atoms with Gasteiger partial charge in [0.1, 0.15) is 5.54 Å². The number of nitrogens with one attached hydrogen (secondary N) is 1. The number of rotatable bonds is 5. The second kappa shape index (κ2) is 7.89. The molecule has 29 heavy (non-hydrogen) atoms. The van der Waals surface area contributed by atoms with Crippen LogP contribution in [0.25, 0.3) is 0 Å². The molecule has 1 N–H and O–H groups in total. The van der Waals surface area contributed by atoms with Crippen LogP contribution < -0.4 is 5.32 Å². The molecule has 1 saturated heterocycles. The summed E-state index contributed by atoms with van der Waals surface area (Å²) in [5.41, 5.74) is 1.12. The summed E-state index contributed by atoms with van der Waals surface area (Å²) in [7, 11) is -3.63. The maximum absolute atomic E-state index is 13.4. The average molecular weight is 436 g/mol. The predicted molar refractivity (Wildman–Crippen MR) is 114 cm³/mol. The summed E-state index contributed by atoms with van der Waals surface area (Å²) in [6.07, 6.45) is 1.05. The summed E-state index contributed by atoms with van der Waals surface area (Å²) < 4.78 is 25.4. The lowest BCUT2D eigenvalue weighted by Gasteiger charge is -2.46. The number of sulfonamides is 1. The van der Waals surface area contributed by atoms with Crippen molar-refractivity contribution in [3.63, 3.8) is 0 Å². The molecule has 0 aliphatic carbocycles. The summed E-state index contributed by atoms with van der Waals surface area (Å²) in [5.74, 6) is -0.803. The Bertz CT molecular complexity index is 1010. The van der Waals surface area contributed by atoms with Crippen molar-refractivity contribution in [3.8, 4) is 0 Å². The third kappa shape index (κ3) is 4.36. The van der Waals surface area contributed by atoms with Gasteiger partial charge in [-0.3, -0.25) is 9.59 Å². The highest BCUT2D eigenvalue weighted by Gasteiger charge is 2.49. The zero-order valence-corrected chi connectivity index (χ0v) is 18.6. The smallest absolute Gasteiger partial charge is 0.251 e. The Morgan fingerprint density at radius 1 is 1.21 bits per heavy atom. The Morgan fingerprint density at radius 2 is 1.86 bits per heavy atom. The predicted octanol–water partition coefficient (Wildman–Crippen LogP) is 2.37. The molecule has 1 aromatic heterocycles. The molecule has 1 aliphatic rings. The topological polar surface area (TPSA) is 86.8 Å². The van der Waals surface area contributed by atoms with Crippen LogP contribution in [-0.2, 0) is 26.2 Å². The molecule has 2 aromatic rings. The molecule has 156 valence electrons. The number of anilines is 1. The highest BCUT2D eigenvalue weighted by molar-refractivity contribution is 7.88. The number of hydrogen-bond donors (Lipinski definition) is 1. The van der Waals surface area contributed by atoms with Crippen LogP contribution in [0.4, 0.5) is 5.69 Å². The lowest BCUT2D eigenvalue weighted by Crippen LogP contribution is -2.68. The van der Waals surface area contributed by atoms with E-state index in [1.54, 1.807) is 6.92 Å². The van der Waals surface area contributed by atoms with Gasteiger partial charge in [0.15, 0.2) is 0 Å². The summed E-state index contributed by atoms with van der Waals surface area (Å²) >= 11 is 1.49. The average Bonchev–Trinajstić information content (AvgIpc) is 3.13. The van der Waals surface area contributed by atoms with Crippen LogP contribution in [0.1, 0.15) is 22.9 Å². The quantitative estimate of drug-likeness (QED) is 0.781. The lowest BCUT2D eigenvalue weighted by atomic mass is 9.94. The Labute approximate surface area is 175 Å². The maximum Gasteiger partial charge on any atom is 0.251 e. The number of amides is 2. The van der Waals surface area contributed by atoms with E-state index < -0.39 is 27.4 Å². The number of carbonyl (C=O) groups is 2. The van der Waals surface area contributed by atoms with Gasteiger partial charge in [-0.15, -0.1) is 11.3 Å². The van der Waals surface area contributed by atoms with E-state index in [2.05, 4.69) is 5.32 Å². The van der Waals surface area contributed by atoms with Gasteiger partial charge in [0, 0.05) is 17.1 Å². The van der Waals surface area contributed by atoms with E-state index in [0.29, 0.717) is 5.69 Å². The van der Waals surface area contributed by atoms with Gasteiger partial charge < -0.3 is 10.2 Å². The number of benzene rings is 1. The second-order valence-corrected chi connectivity index (χ2v) is 10.6. The number of aryl methyl sites for hydroxylation is 2. The van der Waals surface area contributed by atoms with E-state index in [0.717, 1.165) is 26.6 Å². The number of para-hydroxylation sites is 1. The molecule has 0 saturated carbocycles. The zero-order chi connectivity index (χ0) is 21.4. The largest absolute Gasteiger partial charge is 0.324 e. The van der Waals surface area contributed by atoms with Crippen molar-refractivity contribution in [2.24, 2.45) is 0 Å². The van der Waals surface area contributed by atoms with Gasteiger partial charge in [-0.2, -0.15) is 4.31 Å². The molecular formula is C20H25N3O4S2. The molecule has 0 spiro atoms. The van der Waals surface area contributed by atoms with Gasteiger partial charge >= 0.3 is 0 Å². The lowest BCUT2D eigenvalue weighted by molar-refractivity contribution is -0.151. The van der Waals surface area contributed by atoms with Crippen molar-refractivity contribution in [1.29, 1.82) is 0 Å². The van der Waals surface area contributed by atoms with Crippen molar-refractivity contribution in [2.45, 2.75) is 32.9 Å². The fraction of sp³-hybridized carbons (Fsp3) is 0.400. The first-order valence-electron chi connectivity index (χ1n) is 9.18. The van der Waals surface area contributed by atoms with Gasteiger partial charge in [-0.05, 0) is 43.3 Å². The van der Waals surface area contributed by atoms with Crippen LogP contribution in [0.5, 0.6) is 0 Å². The van der Waals surface area contributed by atoms with Crippen molar-refractivity contribution in [2.75, 3.05) is 24.7 Å². The molecule has 7 nitrogen and oxygen atoms in total. The van der Waals surface area contributed by atoms with Crippen LogP contribution in [0, 0.1) is 13.8 Å². The van der Waals surface area contributed by atoms with Crippen molar-refractivity contribution >= 4 is 38.9 Å². The molecule has 2 heterocycles. The minimum absolute atomic E-state index is 0.0975. The molecule has 9 heteroatoms. The van der Waals surface area contributed by atoms with Gasteiger partial charge in [0.2, 0.25) is 15.9 Å². The van der Waals surface area contributed by atoms with E-state index in [1.165, 1.54) is 16.2 Å². The van der Waals surface area contributed by atoms with Crippen molar-refractivity contribution in [3.05, 3.63) is 51.7 Å². The molecule has 3 rings (SSSR count). The number of thiophene rings is 1. The van der Waals surface area contributed by atoms with E-state index in [9.17, 15) is 18.0 Å². The van der Waals surface area contributed by atoms with Crippen LogP contribution in [0.3, 0.4) is 0 Å². The van der Waals surface area contributed by atoms with Crippen molar-refractivity contribution < 1.29 is 18.0 Å². The normalized spacial score (nSPS) is 20.7. The number of nitrogens with zero attached hydrogens (tertiary/aromatic N) is 2. The first kappa shape index (κ1) is 21.5. The van der Waals surface area contributed by atoms with E-state index in [1.807, 2.05) is 49.6 Å². The highest BCUT2D eigenvalue weighted by Crippen LogP contribution is 2.30. The van der Waals surface area contributed by atoms with Gasteiger partial charge in [0.25, 0.3) is 5.91 Å². The molecule has 1 unspecified atom stereocenters. The SMILES string of the molecule is Cc1cccc(C)c1NC(=O)C1(C)CN(S(C)(=O)=O)CC(=O)N1Cc1cccs1. The van der Waals surface area contributed by atoms with E-state index >= 15 is 0 Å². The molecule has 1 atom stereocenters. The highest BCUT2D eigenvalue weighted by atomic mass is 32.2. The second-order valence-electron chi connectivity index (χ2n) is 7.59. The molecule has 1 aliphatic heterocycles. The number of piperazine rings is 1. The Hall–Kier alpha value is -2.23. The standard InChI is InChI=1S/C20H25N3O4S2/c1-14-7-5-8-15(2)18(14)21-19(25)20(3)13-22(29(4,26)27)12-17(24)23(20)11-16-9-6-10-28-16/h5-10H,11-13H2,1-4H3,(H,21,25). The number of hydrogen-bond acceptors (Lipinski definition) is 5. The summed E-state index contributed by atoms with van der Waals surface area (Å²) in [4.78, 5) is 28.8. The first-order valence-corrected chi connectivity index (χ1v) is 11.9. The van der Waals surface area contributed by atoms with E-state index in [4.69, 9.17) is 0 Å². The Morgan fingerprint density at radius 3 is 2.41 bits per heavy atom. The molecule has 0 radical (unpaired) electrons. The van der Waals surface area contributed by atoms with E-state index in [-0.39, 0.29) is 19.6 Å². The summed E-state index contributed by atoms with van der Waals surface area (Å²) in [5, 5.41) is 4.84. The fourth-order valence-electron chi connectivity index (χ4n) is 3.51. The molecule has 2 amide bonds. The van der Waals surface area contributed by atoms with Crippen LogP contribution in [0.15, 0.2) is 35.7 Å².